The molecule has 92 valence electrons. The summed E-state index contributed by atoms with van der Waals surface area (Å²) in [5.41, 5.74) is 6.07. The largest absolute Gasteiger partial charge is 0.290 e. The highest BCUT2D eigenvalue weighted by atomic mass is 16.2. The first-order valence-corrected chi connectivity index (χ1v) is 5.34. The van der Waals surface area contributed by atoms with Crippen LogP contribution in [0.5, 0.6) is 0 Å². The molecular formula is C12H12N4O2. The monoisotopic (exact) mass is 244 g/mol. The molecule has 0 spiro atoms. The van der Waals surface area contributed by atoms with Crippen LogP contribution in [0.3, 0.4) is 0 Å². The maximum absolute atomic E-state index is 11.6. The first kappa shape index (κ1) is 11.8. The molecule has 0 unspecified atom stereocenters. The predicted molar refractivity (Wildman–Crippen MR) is 64.7 cm³/mol. The zero-order chi connectivity index (χ0) is 13.0. The predicted octanol–water partition coefficient (Wildman–Crippen LogP) is 0.793. The van der Waals surface area contributed by atoms with Crippen LogP contribution in [0.1, 0.15) is 26.5 Å². The van der Waals surface area contributed by atoms with Crippen molar-refractivity contribution in [3.05, 3.63) is 53.3 Å². The number of nitrogens with zero attached hydrogens (tertiary/aromatic N) is 1. The Balaban J connectivity index is 1.92. The van der Waals surface area contributed by atoms with Gasteiger partial charge in [0, 0.05) is 11.3 Å². The second kappa shape index (κ2) is 5.13. The third-order valence-electron chi connectivity index (χ3n) is 2.26. The van der Waals surface area contributed by atoms with E-state index in [1.54, 1.807) is 37.3 Å². The molecule has 1 aromatic carbocycles. The molecule has 0 saturated heterocycles. The van der Waals surface area contributed by atoms with E-state index in [-0.39, 0.29) is 11.6 Å². The van der Waals surface area contributed by atoms with Gasteiger partial charge in [0.1, 0.15) is 0 Å². The summed E-state index contributed by atoms with van der Waals surface area (Å²) in [6.45, 7) is 1.78. The van der Waals surface area contributed by atoms with Crippen molar-refractivity contribution >= 4 is 11.8 Å². The normalized spacial score (nSPS) is 9.83. The number of benzene rings is 1. The van der Waals surface area contributed by atoms with Gasteiger partial charge in [0.05, 0.1) is 0 Å². The van der Waals surface area contributed by atoms with E-state index in [0.29, 0.717) is 5.56 Å². The third-order valence-corrected chi connectivity index (χ3v) is 2.26. The Bertz CT molecular complexity index is 562. The van der Waals surface area contributed by atoms with Crippen LogP contribution < -0.4 is 10.9 Å². The molecule has 1 heterocycles. The molecule has 1 aromatic heterocycles. The van der Waals surface area contributed by atoms with E-state index in [4.69, 9.17) is 0 Å². The van der Waals surface area contributed by atoms with Crippen molar-refractivity contribution in [1.82, 2.24) is 21.0 Å². The van der Waals surface area contributed by atoms with Crippen molar-refractivity contribution < 1.29 is 9.59 Å². The van der Waals surface area contributed by atoms with Gasteiger partial charge in [0.2, 0.25) is 0 Å². The number of rotatable bonds is 2. The van der Waals surface area contributed by atoms with Crippen molar-refractivity contribution in [3.63, 3.8) is 0 Å². The maximum Gasteiger partial charge on any atom is 0.290 e. The summed E-state index contributed by atoms with van der Waals surface area (Å²) in [4.78, 5) is 23.2. The standard InChI is InChI=1S/C12H12N4O2/c1-8-7-10(14-13-8)12(18)16-15-11(17)9-5-3-2-4-6-9/h2-7H,1H3,(H,13,14)(H,15,17)(H,16,18). The van der Waals surface area contributed by atoms with Crippen LogP contribution in [0.25, 0.3) is 0 Å². The molecule has 0 fully saturated rings. The van der Waals surface area contributed by atoms with Crippen molar-refractivity contribution in [1.29, 1.82) is 0 Å². The molecule has 0 atom stereocenters. The van der Waals surface area contributed by atoms with E-state index >= 15 is 0 Å². The summed E-state index contributed by atoms with van der Waals surface area (Å²) in [6, 6.07) is 10.2. The average molecular weight is 244 g/mol. The maximum atomic E-state index is 11.6. The molecule has 0 radical (unpaired) electrons. The third kappa shape index (κ3) is 2.73. The van der Waals surface area contributed by atoms with Crippen LogP contribution in [0.2, 0.25) is 0 Å². The summed E-state index contributed by atoms with van der Waals surface area (Å²) in [5, 5.41) is 6.42. The number of hydrogen-bond donors (Lipinski definition) is 3. The van der Waals surface area contributed by atoms with Crippen molar-refractivity contribution in [2.24, 2.45) is 0 Å². The number of hydrogen-bond acceptors (Lipinski definition) is 3. The minimum atomic E-state index is -0.469. The Morgan fingerprint density at radius 1 is 1.11 bits per heavy atom. The Morgan fingerprint density at radius 2 is 1.78 bits per heavy atom. The minimum Gasteiger partial charge on any atom is -0.282 e. The number of aryl methyl sites for hydroxylation is 1. The number of aromatic amines is 1. The van der Waals surface area contributed by atoms with E-state index in [0.717, 1.165) is 5.69 Å². The number of H-pyrrole nitrogens is 1. The number of hydrazine groups is 1. The molecule has 0 aliphatic rings. The van der Waals surface area contributed by atoms with E-state index in [1.807, 2.05) is 6.07 Å². The lowest BCUT2D eigenvalue weighted by Gasteiger charge is -2.05. The smallest absolute Gasteiger partial charge is 0.282 e. The van der Waals surface area contributed by atoms with Gasteiger partial charge in [-0.1, -0.05) is 18.2 Å². The number of carbonyl (C=O) groups excluding carboxylic acids is 2. The number of aromatic nitrogens is 2. The molecule has 3 N–H and O–H groups in total. The fraction of sp³-hybridized carbons (Fsp3) is 0.0833. The average Bonchev–Trinajstić information content (AvgIpc) is 2.83. The summed E-state index contributed by atoms with van der Waals surface area (Å²) >= 11 is 0. The topological polar surface area (TPSA) is 86.9 Å². The molecular weight excluding hydrogens is 232 g/mol. The number of amides is 2. The van der Waals surface area contributed by atoms with Crippen molar-refractivity contribution in [2.75, 3.05) is 0 Å². The highest BCUT2D eigenvalue weighted by molar-refractivity contribution is 5.98. The molecule has 6 heteroatoms. The Kier molecular flexibility index (Phi) is 3.38. The van der Waals surface area contributed by atoms with E-state index in [1.165, 1.54) is 0 Å². The molecule has 0 saturated carbocycles. The first-order chi connectivity index (χ1) is 8.66. The second-order valence-electron chi connectivity index (χ2n) is 3.71. The molecule has 0 bridgehead atoms. The van der Waals surface area contributed by atoms with E-state index in [2.05, 4.69) is 21.0 Å². The summed E-state index contributed by atoms with van der Waals surface area (Å²) in [5.74, 6) is -0.847. The molecule has 18 heavy (non-hydrogen) atoms. The fourth-order valence-electron chi connectivity index (χ4n) is 1.37. The molecule has 0 aliphatic carbocycles. The quantitative estimate of drug-likeness (QED) is 0.683. The Morgan fingerprint density at radius 3 is 2.39 bits per heavy atom. The second-order valence-corrected chi connectivity index (χ2v) is 3.71. The highest BCUT2D eigenvalue weighted by Gasteiger charge is 2.10. The van der Waals surface area contributed by atoms with Gasteiger partial charge in [-0.2, -0.15) is 5.10 Å². The van der Waals surface area contributed by atoms with Gasteiger partial charge < -0.3 is 0 Å². The summed E-state index contributed by atoms with van der Waals surface area (Å²) in [6.07, 6.45) is 0. The lowest BCUT2D eigenvalue weighted by molar-refractivity contribution is 0.0844. The van der Waals surface area contributed by atoms with Gasteiger partial charge >= 0.3 is 0 Å². The van der Waals surface area contributed by atoms with Crippen molar-refractivity contribution in [3.8, 4) is 0 Å². The SMILES string of the molecule is Cc1cc(C(=O)NNC(=O)c2ccccc2)n[nH]1. The molecule has 2 amide bonds. The van der Waals surface area contributed by atoms with E-state index < -0.39 is 5.91 Å². The molecule has 2 aromatic rings. The van der Waals surface area contributed by atoms with Crippen LogP contribution in [0.4, 0.5) is 0 Å². The van der Waals surface area contributed by atoms with Gasteiger partial charge in [-0.15, -0.1) is 0 Å². The fourth-order valence-corrected chi connectivity index (χ4v) is 1.37. The Hall–Kier alpha value is -2.63. The minimum absolute atomic E-state index is 0.223. The van der Waals surface area contributed by atoms with Gasteiger partial charge in [-0.3, -0.25) is 25.5 Å². The van der Waals surface area contributed by atoms with Gasteiger partial charge in [-0.25, -0.2) is 0 Å². The molecule has 2 rings (SSSR count). The summed E-state index contributed by atoms with van der Waals surface area (Å²) < 4.78 is 0. The zero-order valence-corrected chi connectivity index (χ0v) is 9.73. The van der Waals surface area contributed by atoms with Gasteiger partial charge in [0.15, 0.2) is 5.69 Å². The molecule has 6 nitrogen and oxygen atoms in total. The highest BCUT2D eigenvalue weighted by Crippen LogP contribution is 1.98. The lowest BCUT2D eigenvalue weighted by atomic mass is 10.2. The van der Waals surface area contributed by atoms with Crippen LogP contribution >= 0.6 is 0 Å². The van der Waals surface area contributed by atoms with E-state index in [9.17, 15) is 9.59 Å². The van der Waals surface area contributed by atoms with Crippen LogP contribution in [-0.4, -0.2) is 22.0 Å². The van der Waals surface area contributed by atoms with Crippen molar-refractivity contribution in [2.45, 2.75) is 6.92 Å². The summed E-state index contributed by atoms with van der Waals surface area (Å²) in [7, 11) is 0. The van der Waals surface area contributed by atoms with Gasteiger partial charge in [-0.05, 0) is 25.1 Å². The lowest BCUT2D eigenvalue weighted by Crippen LogP contribution is -2.41. The number of nitrogens with one attached hydrogen (secondary N) is 3. The Labute approximate surface area is 103 Å². The zero-order valence-electron chi connectivity index (χ0n) is 9.73. The van der Waals surface area contributed by atoms with Crippen LogP contribution in [-0.2, 0) is 0 Å². The number of carbonyl (C=O) groups is 2. The first-order valence-electron chi connectivity index (χ1n) is 5.34. The van der Waals surface area contributed by atoms with Crippen LogP contribution in [0, 0.1) is 6.92 Å². The van der Waals surface area contributed by atoms with Crippen LogP contribution in [0.15, 0.2) is 36.4 Å². The van der Waals surface area contributed by atoms with Gasteiger partial charge in [0.25, 0.3) is 11.8 Å². The molecule has 0 aliphatic heterocycles.